The normalized spacial score (nSPS) is 21.7. The average molecular weight is 341 g/mol. The predicted octanol–water partition coefficient (Wildman–Crippen LogP) is 3.88. The number of benzene rings is 1. The van der Waals surface area contributed by atoms with Crippen molar-refractivity contribution in [2.75, 3.05) is 6.61 Å². The number of hydrogen-bond donors (Lipinski definition) is 0. The van der Waals surface area contributed by atoms with Crippen LogP contribution >= 0.6 is 15.9 Å². The molecule has 20 heavy (non-hydrogen) atoms. The van der Waals surface area contributed by atoms with Crippen molar-refractivity contribution in [3.8, 4) is 5.75 Å². The highest BCUT2D eigenvalue weighted by molar-refractivity contribution is 9.09. The van der Waals surface area contributed by atoms with Crippen LogP contribution in [0.3, 0.4) is 0 Å². The number of alkyl halides is 1. The zero-order valence-electron chi connectivity index (χ0n) is 11.8. The molecule has 0 bridgehead atoms. The molecule has 1 aliphatic carbocycles. The molecule has 1 aliphatic rings. The summed E-state index contributed by atoms with van der Waals surface area (Å²) in [7, 11) is 0. The van der Waals surface area contributed by atoms with Crippen molar-refractivity contribution < 1.29 is 14.3 Å². The maximum atomic E-state index is 11.3. The first-order valence-corrected chi connectivity index (χ1v) is 8.14. The highest BCUT2D eigenvalue weighted by atomic mass is 79.9. The van der Waals surface area contributed by atoms with E-state index in [2.05, 4.69) is 15.9 Å². The first kappa shape index (κ1) is 15.4. The zero-order valence-corrected chi connectivity index (χ0v) is 13.4. The smallest absolute Gasteiger partial charge is 0.306 e. The molecule has 1 saturated carbocycles. The molecule has 0 saturated heterocycles. The summed E-state index contributed by atoms with van der Waals surface area (Å²) in [6.07, 6.45) is 4.84. The van der Waals surface area contributed by atoms with Gasteiger partial charge >= 0.3 is 5.97 Å². The quantitative estimate of drug-likeness (QED) is 0.582. The van der Waals surface area contributed by atoms with Gasteiger partial charge in [0.25, 0.3) is 0 Å². The minimum absolute atomic E-state index is 0.137. The van der Waals surface area contributed by atoms with Crippen molar-refractivity contribution in [2.24, 2.45) is 0 Å². The van der Waals surface area contributed by atoms with Crippen LogP contribution in [-0.4, -0.2) is 23.5 Å². The third-order valence-corrected chi connectivity index (χ3v) is 4.30. The third kappa shape index (κ3) is 4.82. The number of carbonyl (C=O) groups excluding carboxylic acids is 1. The molecule has 1 fully saturated rings. The van der Waals surface area contributed by atoms with Crippen molar-refractivity contribution >= 4 is 21.9 Å². The Hall–Kier alpha value is -1.03. The van der Waals surface area contributed by atoms with E-state index in [1.54, 1.807) is 0 Å². The molecule has 0 spiro atoms. The summed E-state index contributed by atoms with van der Waals surface area (Å²) in [5.74, 6) is 0.777. The molecule has 2 atom stereocenters. The summed E-state index contributed by atoms with van der Waals surface area (Å²) in [5, 5.41) is 0. The average Bonchev–Trinajstić information content (AvgIpc) is 2.84. The Morgan fingerprint density at radius 3 is 2.65 bits per heavy atom. The molecule has 110 valence electrons. The van der Waals surface area contributed by atoms with Crippen LogP contribution in [0.25, 0.3) is 0 Å². The second kappa shape index (κ2) is 7.67. The second-order valence-electron chi connectivity index (χ2n) is 5.10. The third-order valence-electron chi connectivity index (χ3n) is 3.47. The second-order valence-corrected chi connectivity index (χ2v) is 6.39. The van der Waals surface area contributed by atoms with Crippen LogP contribution in [0.15, 0.2) is 24.3 Å². The number of esters is 1. The lowest BCUT2D eigenvalue weighted by Gasteiger charge is -2.13. The van der Waals surface area contributed by atoms with Gasteiger partial charge in [-0.1, -0.05) is 28.1 Å². The van der Waals surface area contributed by atoms with Gasteiger partial charge in [0, 0.05) is 11.2 Å². The van der Waals surface area contributed by atoms with E-state index in [0.29, 0.717) is 30.4 Å². The lowest BCUT2D eigenvalue weighted by Crippen LogP contribution is -2.12. The lowest BCUT2D eigenvalue weighted by atomic mass is 10.1. The van der Waals surface area contributed by atoms with Crippen LogP contribution in [0.2, 0.25) is 0 Å². The monoisotopic (exact) mass is 340 g/mol. The van der Waals surface area contributed by atoms with Crippen LogP contribution in [0, 0.1) is 0 Å². The van der Waals surface area contributed by atoms with E-state index in [1.807, 2.05) is 31.2 Å². The van der Waals surface area contributed by atoms with E-state index >= 15 is 0 Å². The minimum atomic E-state index is -0.137. The molecule has 4 heteroatoms. The van der Waals surface area contributed by atoms with Crippen LogP contribution < -0.4 is 4.74 Å². The van der Waals surface area contributed by atoms with Gasteiger partial charge in [0.05, 0.1) is 12.7 Å². The number of carbonyl (C=O) groups is 1. The van der Waals surface area contributed by atoms with E-state index in [-0.39, 0.29) is 5.97 Å². The van der Waals surface area contributed by atoms with Gasteiger partial charge in [-0.05, 0) is 50.3 Å². The number of hydrogen-bond acceptors (Lipinski definition) is 3. The van der Waals surface area contributed by atoms with Gasteiger partial charge in [-0.25, -0.2) is 0 Å². The summed E-state index contributed by atoms with van der Waals surface area (Å²) in [5.41, 5.74) is 1.13. The van der Waals surface area contributed by atoms with Gasteiger partial charge in [0.1, 0.15) is 5.75 Å². The SMILES string of the molecule is CCOC(=O)CCc1ccc(OC2CCC(Br)C2)cc1. The van der Waals surface area contributed by atoms with Crippen LogP contribution in [0.5, 0.6) is 5.75 Å². The fourth-order valence-electron chi connectivity index (χ4n) is 2.40. The molecule has 2 unspecified atom stereocenters. The Kier molecular flexibility index (Phi) is 5.89. The topological polar surface area (TPSA) is 35.5 Å². The zero-order chi connectivity index (χ0) is 14.4. The van der Waals surface area contributed by atoms with Crippen molar-refractivity contribution in [1.29, 1.82) is 0 Å². The molecular formula is C16H21BrO3. The summed E-state index contributed by atoms with van der Waals surface area (Å²) < 4.78 is 10.9. The van der Waals surface area contributed by atoms with Crippen molar-refractivity contribution in [2.45, 2.75) is 50.0 Å². The molecule has 0 amide bonds. The van der Waals surface area contributed by atoms with Crippen molar-refractivity contribution in [3.05, 3.63) is 29.8 Å². The Morgan fingerprint density at radius 2 is 2.05 bits per heavy atom. The first-order valence-electron chi connectivity index (χ1n) is 7.22. The molecule has 0 aromatic heterocycles. The van der Waals surface area contributed by atoms with Gasteiger partial charge in [0.15, 0.2) is 0 Å². The van der Waals surface area contributed by atoms with Crippen molar-refractivity contribution in [1.82, 2.24) is 0 Å². The van der Waals surface area contributed by atoms with Gasteiger partial charge in [-0.15, -0.1) is 0 Å². The number of halogens is 1. The highest BCUT2D eigenvalue weighted by Crippen LogP contribution is 2.29. The van der Waals surface area contributed by atoms with E-state index < -0.39 is 0 Å². The molecule has 0 radical (unpaired) electrons. The summed E-state index contributed by atoms with van der Waals surface area (Å²) in [6.45, 7) is 2.27. The molecular weight excluding hydrogens is 320 g/mol. The molecule has 1 aromatic carbocycles. The summed E-state index contributed by atoms with van der Waals surface area (Å²) >= 11 is 3.63. The largest absolute Gasteiger partial charge is 0.490 e. The maximum absolute atomic E-state index is 11.3. The summed E-state index contributed by atoms with van der Waals surface area (Å²) in [6, 6.07) is 8.02. The number of rotatable bonds is 6. The number of aryl methyl sites for hydroxylation is 1. The van der Waals surface area contributed by atoms with Gasteiger partial charge in [0.2, 0.25) is 0 Å². The molecule has 0 N–H and O–H groups in total. The highest BCUT2D eigenvalue weighted by Gasteiger charge is 2.23. The van der Waals surface area contributed by atoms with E-state index in [0.717, 1.165) is 24.2 Å². The standard InChI is InChI=1S/C16H21BrO3/c1-2-19-16(18)10-5-12-3-7-14(8-4-12)20-15-9-6-13(17)11-15/h3-4,7-8,13,15H,2,5-6,9-11H2,1H3. The Bertz CT molecular complexity index is 430. The Balaban J connectivity index is 1.79. The first-order chi connectivity index (χ1) is 9.67. The lowest BCUT2D eigenvalue weighted by molar-refractivity contribution is -0.143. The molecule has 3 nitrogen and oxygen atoms in total. The maximum Gasteiger partial charge on any atom is 0.306 e. The number of ether oxygens (including phenoxy) is 2. The van der Waals surface area contributed by atoms with Crippen LogP contribution in [0.1, 0.15) is 38.2 Å². The minimum Gasteiger partial charge on any atom is -0.490 e. The fraction of sp³-hybridized carbons (Fsp3) is 0.562. The Morgan fingerprint density at radius 1 is 1.30 bits per heavy atom. The van der Waals surface area contributed by atoms with E-state index in [1.165, 1.54) is 6.42 Å². The van der Waals surface area contributed by atoms with Crippen LogP contribution in [-0.2, 0) is 16.0 Å². The molecule has 2 rings (SSSR count). The fourth-order valence-corrected chi connectivity index (χ4v) is 3.08. The molecule has 1 aromatic rings. The van der Waals surface area contributed by atoms with Gasteiger partial charge < -0.3 is 9.47 Å². The van der Waals surface area contributed by atoms with Gasteiger partial charge in [-0.3, -0.25) is 4.79 Å². The molecule has 0 heterocycles. The van der Waals surface area contributed by atoms with E-state index in [9.17, 15) is 4.79 Å². The summed E-state index contributed by atoms with van der Waals surface area (Å²) in [4.78, 5) is 11.9. The predicted molar refractivity (Wildman–Crippen MR) is 82.4 cm³/mol. The van der Waals surface area contributed by atoms with E-state index in [4.69, 9.17) is 9.47 Å². The Labute approximate surface area is 128 Å². The van der Waals surface area contributed by atoms with Gasteiger partial charge in [-0.2, -0.15) is 0 Å². The van der Waals surface area contributed by atoms with Crippen LogP contribution in [0.4, 0.5) is 0 Å². The van der Waals surface area contributed by atoms with Crippen molar-refractivity contribution in [3.63, 3.8) is 0 Å². The molecule has 0 aliphatic heterocycles.